The summed E-state index contributed by atoms with van der Waals surface area (Å²) in [4.78, 5) is 11.5. The molecule has 0 spiro atoms. The summed E-state index contributed by atoms with van der Waals surface area (Å²) in [5.41, 5.74) is 1.80. The Balaban J connectivity index is 1.94. The summed E-state index contributed by atoms with van der Waals surface area (Å²) in [5, 5.41) is 0. The summed E-state index contributed by atoms with van der Waals surface area (Å²) in [7, 11) is 1.65. The molecular weight excluding hydrogens is 252 g/mol. The number of benzene rings is 2. The second-order valence-electron chi connectivity index (χ2n) is 4.50. The molecule has 2 aromatic carbocycles. The van der Waals surface area contributed by atoms with Gasteiger partial charge in [0.05, 0.1) is 19.3 Å². The average Bonchev–Trinajstić information content (AvgIpc) is 2.48. The second kappa shape index (κ2) is 6.75. The van der Waals surface area contributed by atoms with Gasteiger partial charge in [-0.2, -0.15) is 0 Å². The topological polar surface area (TPSA) is 35.5 Å². The zero-order valence-corrected chi connectivity index (χ0v) is 11.8. The van der Waals surface area contributed by atoms with Gasteiger partial charge in [-0.1, -0.05) is 24.3 Å². The molecule has 2 rings (SSSR count). The number of carbonyl (C=O) groups is 1. The first-order valence-electron chi connectivity index (χ1n) is 6.56. The van der Waals surface area contributed by atoms with Crippen molar-refractivity contribution in [2.75, 3.05) is 13.7 Å². The Kier molecular flexibility index (Phi) is 4.77. The first-order valence-corrected chi connectivity index (χ1v) is 6.56. The van der Waals surface area contributed by atoms with Crippen LogP contribution in [0.4, 0.5) is 0 Å². The fraction of sp³-hybridized carbons (Fsp3) is 0.235. The number of carbonyl (C=O) groups excluding carboxylic acids is 1. The van der Waals surface area contributed by atoms with Gasteiger partial charge in [-0.15, -0.1) is 0 Å². The van der Waals surface area contributed by atoms with Gasteiger partial charge in [0.2, 0.25) is 0 Å². The monoisotopic (exact) mass is 270 g/mol. The average molecular weight is 270 g/mol. The minimum atomic E-state index is 0.0186. The molecule has 0 N–H and O–H groups in total. The van der Waals surface area contributed by atoms with Gasteiger partial charge in [-0.3, -0.25) is 4.79 Å². The van der Waals surface area contributed by atoms with Crippen molar-refractivity contribution in [3.63, 3.8) is 0 Å². The fourth-order valence-electron chi connectivity index (χ4n) is 1.95. The van der Waals surface area contributed by atoms with Gasteiger partial charge in [0.1, 0.15) is 11.5 Å². The van der Waals surface area contributed by atoms with Crippen LogP contribution in [0.5, 0.6) is 11.5 Å². The maximum absolute atomic E-state index is 11.5. The molecule has 0 aromatic heterocycles. The predicted octanol–water partition coefficient (Wildman–Crippen LogP) is 3.52. The number of hydrogen-bond acceptors (Lipinski definition) is 3. The van der Waals surface area contributed by atoms with Crippen molar-refractivity contribution in [2.45, 2.75) is 13.3 Å². The van der Waals surface area contributed by atoms with Crippen molar-refractivity contribution >= 4 is 5.78 Å². The summed E-state index contributed by atoms with van der Waals surface area (Å²) < 4.78 is 10.8. The van der Waals surface area contributed by atoms with Crippen LogP contribution in [0.1, 0.15) is 22.8 Å². The largest absolute Gasteiger partial charge is 0.497 e. The molecule has 0 aliphatic carbocycles. The van der Waals surface area contributed by atoms with Gasteiger partial charge in [-0.05, 0) is 36.8 Å². The third-order valence-corrected chi connectivity index (χ3v) is 3.07. The number of hydrogen-bond donors (Lipinski definition) is 0. The zero-order valence-electron chi connectivity index (χ0n) is 11.8. The minimum absolute atomic E-state index is 0.0186. The lowest BCUT2D eigenvalue weighted by Crippen LogP contribution is -2.05. The van der Waals surface area contributed by atoms with Crippen molar-refractivity contribution < 1.29 is 14.3 Å². The maximum atomic E-state index is 11.5. The minimum Gasteiger partial charge on any atom is -0.497 e. The highest BCUT2D eigenvalue weighted by Gasteiger charge is 2.07. The smallest absolute Gasteiger partial charge is 0.163 e. The van der Waals surface area contributed by atoms with Crippen LogP contribution in [0.2, 0.25) is 0 Å². The molecule has 0 saturated carbocycles. The highest BCUT2D eigenvalue weighted by atomic mass is 16.5. The van der Waals surface area contributed by atoms with Crippen LogP contribution in [0.3, 0.4) is 0 Å². The van der Waals surface area contributed by atoms with E-state index in [4.69, 9.17) is 9.47 Å². The molecular formula is C17H18O3. The third kappa shape index (κ3) is 3.60. The molecule has 0 amide bonds. The number of rotatable bonds is 6. The van der Waals surface area contributed by atoms with Crippen LogP contribution >= 0.6 is 0 Å². The molecule has 0 bridgehead atoms. The highest BCUT2D eigenvalue weighted by Crippen LogP contribution is 2.19. The Labute approximate surface area is 119 Å². The van der Waals surface area contributed by atoms with Crippen LogP contribution in [0.15, 0.2) is 48.5 Å². The van der Waals surface area contributed by atoms with Crippen LogP contribution < -0.4 is 9.47 Å². The summed E-state index contributed by atoms with van der Waals surface area (Å²) in [5.74, 6) is 1.51. The SMILES string of the molecule is COc1ccc(CCOc2ccccc2C(C)=O)cc1. The van der Waals surface area contributed by atoms with Crippen molar-refractivity contribution in [1.29, 1.82) is 0 Å². The molecule has 20 heavy (non-hydrogen) atoms. The van der Waals surface area contributed by atoms with E-state index in [1.807, 2.05) is 42.5 Å². The van der Waals surface area contributed by atoms with Crippen LogP contribution in [0.25, 0.3) is 0 Å². The lowest BCUT2D eigenvalue weighted by Gasteiger charge is -2.09. The Morgan fingerprint density at radius 2 is 1.75 bits per heavy atom. The molecule has 0 atom stereocenters. The molecule has 3 nitrogen and oxygen atoms in total. The first-order chi connectivity index (χ1) is 9.70. The summed E-state index contributed by atoms with van der Waals surface area (Å²) in [6.07, 6.45) is 0.788. The van der Waals surface area contributed by atoms with Gasteiger partial charge in [0, 0.05) is 6.42 Å². The van der Waals surface area contributed by atoms with E-state index in [9.17, 15) is 4.79 Å². The van der Waals surface area contributed by atoms with Crippen LogP contribution in [-0.2, 0) is 6.42 Å². The molecule has 3 heteroatoms. The molecule has 0 heterocycles. The lowest BCUT2D eigenvalue weighted by atomic mass is 10.1. The third-order valence-electron chi connectivity index (χ3n) is 3.07. The molecule has 104 valence electrons. The molecule has 0 saturated heterocycles. The standard InChI is InChI=1S/C17H18O3/c1-13(18)16-5-3-4-6-17(16)20-12-11-14-7-9-15(19-2)10-8-14/h3-10H,11-12H2,1-2H3. The molecule has 0 aliphatic rings. The Bertz CT molecular complexity index is 573. The van der Waals surface area contributed by atoms with Gasteiger partial charge in [0.25, 0.3) is 0 Å². The van der Waals surface area contributed by atoms with Crippen LogP contribution in [0, 0.1) is 0 Å². The molecule has 0 radical (unpaired) electrons. The van der Waals surface area contributed by atoms with E-state index >= 15 is 0 Å². The van der Waals surface area contributed by atoms with E-state index in [0.717, 1.165) is 12.2 Å². The van der Waals surface area contributed by atoms with Gasteiger partial charge >= 0.3 is 0 Å². The molecule has 2 aromatic rings. The Morgan fingerprint density at radius 1 is 1.05 bits per heavy atom. The van der Waals surface area contributed by atoms with Gasteiger partial charge in [-0.25, -0.2) is 0 Å². The second-order valence-corrected chi connectivity index (χ2v) is 4.50. The molecule has 0 unspecified atom stereocenters. The number of ketones is 1. The molecule has 0 aliphatic heterocycles. The number of para-hydroxylation sites is 1. The quantitative estimate of drug-likeness (QED) is 0.753. The van der Waals surface area contributed by atoms with E-state index in [1.54, 1.807) is 20.1 Å². The normalized spacial score (nSPS) is 10.1. The Morgan fingerprint density at radius 3 is 2.40 bits per heavy atom. The number of Topliss-reactive ketones (excluding diaryl/α,β-unsaturated/α-hetero) is 1. The first kappa shape index (κ1) is 14.1. The van der Waals surface area contributed by atoms with E-state index in [0.29, 0.717) is 17.9 Å². The van der Waals surface area contributed by atoms with Gasteiger partial charge in [0.15, 0.2) is 5.78 Å². The lowest BCUT2D eigenvalue weighted by molar-refractivity contribution is 0.101. The summed E-state index contributed by atoms with van der Waals surface area (Å²) in [6.45, 7) is 2.09. The van der Waals surface area contributed by atoms with Crippen molar-refractivity contribution in [3.8, 4) is 11.5 Å². The maximum Gasteiger partial charge on any atom is 0.163 e. The number of methoxy groups -OCH3 is 1. The van der Waals surface area contributed by atoms with E-state index in [1.165, 1.54) is 5.56 Å². The van der Waals surface area contributed by atoms with Crippen molar-refractivity contribution in [3.05, 3.63) is 59.7 Å². The van der Waals surface area contributed by atoms with Crippen molar-refractivity contribution in [2.24, 2.45) is 0 Å². The van der Waals surface area contributed by atoms with E-state index in [2.05, 4.69) is 0 Å². The molecule has 0 fully saturated rings. The highest BCUT2D eigenvalue weighted by molar-refractivity contribution is 5.96. The van der Waals surface area contributed by atoms with Crippen molar-refractivity contribution in [1.82, 2.24) is 0 Å². The van der Waals surface area contributed by atoms with E-state index < -0.39 is 0 Å². The van der Waals surface area contributed by atoms with E-state index in [-0.39, 0.29) is 5.78 Å². The fourth-order valence-corrected chi connectivity index (χ4v) is 1.95. The van der Waals surface area contributed by atoms with Gasteiger partial charge < -0.3 is 9.47 Å². The van der Waals surface area contributed by atoms with Crippen LogP contribution in [-0.4, -0.2) is 19.5 Å². The number of ether oxygens (including phenoxy) is 2. The summed E-state index contributed by atoms with van der Waals surface area (Å²) in [6, 6.07) is 15.2. The predicted molar refractivity (Wildman–Crippen MR) is 78.6 cm³/mol. The zero-order chi connectivity index (χ0) is 14.4. The Hall–Kier alpha value is -2.29. The summed E-state index contributed by atoms with van der Waals surface area (Å²) >= 11 is 0.